The van der Waals surface area contributed by atoms with E-state index in [0.29, 0.717) is 0 Å². The Hall–Kier alpha value is -0.890. The van der Waals surface area contributed by atoms with Gasteiger partial charge in [0.15, 0.2) is 0 Å². The molecule has 0 bridgehead atoms. The molecule has 2 heteroatoms. The van der Waals surface area contributed by atoms with Crippen LogP contribution in [0.3, 0.4) is 0 Å². The summed E-state index contributed by atoms with van der Waals surface area (Å²) in [7, 11) is 0. The SMILES string of the molecule is Fc1ccccc1[C](=[Hf+2])c1ccccc1. The molecule has 70 valence electrons. The summed E-state index contributed by atoms with van der Waals surface area (Å²) >= 11 is 0.839. The van der Waals surface area contributed by atoms with Crippen LogP contribution in [0, 0.1) is 5.82 Å². The Balaban J connectivity index is 2.42. The molecule has 0 fully saturated rings. The zero-order valence-corrected chi connectivity index (χ0v) is 11.7. The molecule has 0 saturated carbocycles. The molecule has 0 spiro atoms. The van der Waals surface area contributed by atoms with E-state index in [9.17, 15) is 4.39 Å². The standard InChI is InChI=1S/C13H9F.Hf/c14-13-9-5-4-8-12(13)10-11-6-2-1-3-7-11;/h1-9H;/q;+2. The average Bonchev–Trinajstić information content (AvgIpc) is 2.30. The number of halogens is 1. The fourth-order valence-electron chi connectivity index (χ4n) is 1.42. The summed E-state index contributed by atoms with van der Waals surface area (Å²) in [5.41, 5.74) is 1.85. The van der Waals surface area contributed by atoms with Crippen molar-refractivity contribution in [1.82, 2.24) is 0 Å². The predicted molar refractivity (Wildman–Crippen MR) is 56.1 cm³/mol. The Kier molecular flexibility index (Phi) is 3.37. The van der Waals surface area contributed by atoms with E-state index in [1.807, 2.05) is 42.5 Å². The number of hydrogen-bond donors (Lipinski definition) is 0. The summed E-state index contributed by atoms with van der Waals surface area (Å²) < 4.78 is 14.6. The van der Waals surface area contributed by atoms with Crippen molar-refractivity contribution in [3.8, 4) is 0 Å². The van der Waals surface area contributed by atoms with Crippen LogP contribution in [0.1, 0.15) is 11.1 Å². The van der Waals surface area contributed by atoms with Crippen LogP contribution >= 0.6 is 0 Å². The van der Waals surface area contributed by atoms with E-state index in [0.717, 1.165) is 38.3 Å². The van der Waals surface area contributed by atoms with Gasteiger partial charge in [-0.3, -0.25) is 0 Å². The van der Waals surface area contributed by atoms with Gasteiger partial charge in [0.2, 0.25) is 0 Å². The average molecular weight is 363 g/mol. The van der Waals surface area contributed by atoms with E-state index in [1.54, 1.807) is 6.07 Å². The van der Waals surface area contributed by atoms with Crippen LogP contribution in [0.15, 0.2) is 54.6 Å². The van der Waals surface area contributed by atoms with Crippen molar-refractivity contribution in [1.29, 1.82) is 0 Å². The molecule has 0 radical (unpaired) electrons. The maximum absolute atomic E-state index is 13.5. The molecule has 2 aromatic rings. The Labute approximate surface area is 103 Å². The topological polar surface area (TPSA) is 0 Å². The van der Waals surface area contributed by atoms with Gasteiger partial charge in [-0.25, -0.2) is 0 Å². The van der Waals surface area contributed by atoms with E-state index >= 15 is 0 Å². The molecule has 0 N–H and O–H groups in total. The number of benzene rings is 2. The van der Waals surface area contributed by atoms with Gasteiger partial charge in [-0.15, -0.1) is 0 Å². The van der Waals surface area contributed by atoms with Crippen molar-refractivity contribution in [2.45, 2.75) is 0 Å². The van der Waals surface area contributed by atoms with Gasteiger partial charge in [0.25, 0.3) is 0 Å². The summed E-state index contributed by atoms with van der Waals surface area (Å²) in [6.07, 6.45) is 0. The molecule has 2 aromatic carbocycles. The third-order valence-electron chi connectivity index (χ3n) is 2.21. The molecule has 0 heterocycles. The third kappa shape index (κ3) is 2.37. The Bertz CT molecular complexity index is 477. The molecule has 0 nitrogen and oxygen atoms in total. The first-order valence-electron chi connectivity index (χ1n) is 4.68. The Morgan fingerprint density at radius 1 is 0.867 bits per heavy atom. The van der Waals surface area contributed by atoms with Crippen LogP contribution in [-0.2, 0) is 23.9 Å². The molecule has 0 aliphatic carbocycles. The number of hydrogen-bond acceptors (Lipinski definition) is 0. The van der Waals surface area contributed by atoms with Gasteiger partial charge >= 0.3 is 103 Å². The quantitative estimate of drug-likeness (QED) is 0.721. The minimum absolute atomic E-state index is 0.133. The predicted octanol–water partition coefficient (Wildman–Crippen LogP) is 2.94. The molecule has 0 unspecified atom stereocenters. The van der Waals surface area contributed by atoms with Crippen molar-refractivity contribution >= 4 is 3.26 Å². The van der Waals surface area contributed by atoms with Gasteiger partial charge in [0.1, 0.15) is 0 Å². The van der Waals surface area contributed by atoms with Crippen molar-refractivity contribution in [3.05, 3.63) is 71.5 Å². The second kappa shape index (κ2) is 4.75. The summed E-state index contributed by atoms with van der Waals surface area (Å²) in [6, 6.07) is 16.9. The third-order valence-corrected chi connectivity index (χ3v) is 4.21. The fraction of sp³-hybridized carbons (Fsp3) is 0. The molecular weight excluding hydrogens is 354 g/mol. The van der Waals surface area contributed by atoms with Crippen LogP contribution in [0.5, 0.6) is 0 Å². The fourth-order valence-corrected chi connectivity index (χ4v) is 2.75. The zero-order chi connectivity index (χ0) is 10.7. The molecular formula is C13H9FHf+2. The van der Waals surface area contributed by atoms with Crippen LogP contribution in [0.4, 0.5) is 4.39 Å². The van der Waals surface area contributed by atoms with Gasteiger partial charge in [0.05, 0.1) is 0 Å². The molecule has 0 atom stereocenters. The molecule has 0 amide bonds. The van der Waals surface area contributed by atoms with Crippen molar-refractivity contribution in [3.63, 3.8) is 0 Å². The van der Waals surface area contributed by atoms with Crippen molar-refractivity contribution < 1.29 is 28.3 Å². The molecule has 2 rings (SSSR count). The van der Waals surface area contributed by atoms with Gasteiger partial charge in [0, 0.05) is 0 Å². The summed E-state index contributed by atoms with van der Waals surface area (Å²) in [4.78, 5) is 0. The molecule has 0 saturated heterocycles. The van der Waals surface area contributed by atoms with Crippen LogP contribution in [-0.4, -0.2) is 3.26 Å². The Morgan fingerprint density at radius 3 is 2.13 bits per heavy atom. The summed E-state index contributed by atoms with van der Waals surface area (Å²) in [5.74, 6) is -0.133. The monoisotopic (exact) mass is 364 g/mol. The first kappa shape index (κ1) is 10.6. The first-order valence-corrected chi connectivity index (χ1v) is 6.47. The van der Waals surface area contributed by atoms with Gasteiger partial charge < -0.3 is 0 Å². The molecule has 0 aliphatic heterocycles. The Morgan fingerprint density at radius 2 is 1.47 bits per heavy atom. The second-order valence-corrected chi connectivity index (χ2v) is 5.02. The van der Waals surface area contributed by atoms with Gasteiger partial charge in [-0.05, 0) is 0 Å². The van der Waals surface area contributed by atoms with Crippen molar-refractivity contribution in [2.75, 3.05) is 0 Å². The second-order valence-electron chi connectivity index (χ2n) is 3.22. The summed E-state index contributed by atoms with van der Waals surface area (Å²) in [5, 5.41) is 0. The maximum atomic E-state index is 13.5. The van der Waals surface area contributed by atoms with Crippen LogP contribution < -0.4 is 0 Å². The van der Waals surface area contributed by atoms with Crippen molar-refractivity contribution in [2.24, 2.45) is 0 Å². The normalized spacial score (nSPS) is 10.1. The molecule has 15 heavy (non-hydrogen) atoms. The van der Waals surface area contributed by atoms with E-state index < -0.39 is 0 Å². The first-order chi connectivity index (χ1) is 7.29. The van der Waals surface area contributed by atoms with E-state index in [2.05, 4.69) is 0 Å². The number of rotatable bonds is 2. The van der Waals surface area contributed by atoms with Gasteiger partial charge in [-0.2, -0.15) is 0 Å². The van der Waals surface area contributed by atoms with Crippen LogP contribution in [0.25, 0.3) is 0 Å². The van der Waals surface area contributed by atoms with E-state index in [-0.39, 0.29) is 5.82 Å². The summed E-state index contributed by atoms with van der Waals surface area (Å²) in [6.45, 7) is 0. The van der Waals surface area contributed by atoms with E-state index in [1.165, 1.54) is 6.07 Å². The minimum atomic E-state index is -0.133. The molecule has 0 aliphatic rings. The van der Waals surface area contributed by atoms with Gasteiger partial charge in [-0.1, -0.05) is 0 Å². The van der Waals surface area contributed by atoms with E-state index in [4.69, 9.17) is 0 Å². The zero-order valence-electron chi connectivity index (χ0n) is 8.07. The molecule has 0 aromatic heterocycles. The van der Waals surface area contributed by atoms with Crippen LogP contribution in [0.2, 0.25) is 0 Å².